The van der Waals surface area contributed by atoms with Gasteiger partial charge in [0.1, 0.15) is 11.5 Å². The molecule has 0 atom stereocenters. The van der Waals surface area contributed by atoms with Crippen molar-refractivity contribution < 1.29 is 31.6 Å². The first-order valence-electron chi connectivity index (χ1n) is 10.2. The highest BCUT2D eigenvalue weighted by molar-refractivity contribution is 6.09. The number of fused-ring (bicyclic) bond motifs is 1. The zero-order chi connectivity index (χ0) is 23.8. The molecule has 4 rings (SSSR count). The lowest BCUT2D eigenvalue weighted by Gasteiger charge is -2.13. The normalized spacial score (nSPS) is 14.8. The molecular formula is C23H20F3N3O4. The maximum atomic E-state index is 13.0. The van der Waals surface area contributed by atoms with E-state index in [0.717, 1.165) is 12.1 Å². The van der Waals surface area contributed by atoms with Crippen LogP contribution in [0.25, 0.3) is 0 Å². The molecule has 7 nitrogen and oxygen atoms in total. The van der Waals surface area contributed by atoms with Crippen molar-refractivity contribution in [2.24, 2.45) is 5.10 Å². The van der Waals surface area contributed by atoms with Crippen molar-refractivity contribution in [3.63, 3.8) is 0 Å². The Balaban J connectivity index is 1.57. The molecule has 3 aromatic rings. The van der Waals surface area contributed by atoms with Crippen molar-refractivity contribution in [3.05, 3.63) is 76.1 Å². The van der Waals surface area contributed by atoms with Gasteiger partial charge in [-0.2, -0.15) is 18.3 Å². The number of carbonyl (C=O) groups excluding carboxylic acids is 2. The fourth-order valence-electron chi connectivity index (χ4n) is 3.76. The molecule has 0 saturated carbocycles. The Bertz CT molecular complexity index is 1250. The van der Waals surface area contributed by atoms with Gasteiger partial charge in [0, 0.05) is 23.2 Å². The maximum absolute atomic E-state index is 13.0. The maximum Gasteiger partial charge on any atom is 0.416 e. The third-order valence-electron chi connectivity index (χ3n) is 5.38. The number of amides is 2. The monoisotopic (exact) mass is 459 g/mol. The first-order valence-corrected chi connectivity index (χ1v) is 10.2. The molecule has 2 aromatic heterocycles. The fraction of sp³-hybridized carbons (Fsp3) is 0.261. The number of halogens is 3. The topological polar surface area (TPSA) is 96.8 Å². The lowest BCUT2D eigenvalue weighted by Crippen LogP contribution is -2.22. The van der Waals surface area contributed by atoms with Gasteiger partial charge in [-0.05, 0) is 51.0 Å². The van der Waals surface area contributed by atoms with Crippen LogP contribution in [0.15, 0.2) is 50.5 Å². The Morgan fingerprint density at radius 3 is 2.58 bits per heavy atom. The van der Waals surface area contributed by atoms with Gasteiger partial charge in [-0.15, -0.1) is 0 Å². The molecule has 0 aliphatic heterocycles. The highest BCUT2D eigenvalue weighted by Crippen LogP contribution is 2.32. The molecule has 1 aliphatic carbocycles. The third-order valence-corrected chi connectivity index (χ3v) is 5.38. The first-order chi connectivity index (χ1) is 15.6. The van der Waals surface area contributed by atoms with Crippen LogP contribution in [-0.4, -0.2) is 17.5 Å². The fourth-order valence-corrected chi connectivity index (χ4v) is 3.76. The van der Waals surface area contributed by atoms with Gasteiger partial charge in [0.05, 0.1) is 23.1 Å². The van der Waals surface area contributed by atoms with Crippen molar-refractivity contribution in [2.75, 3.05) is 5.32 Å². The number of alkyl halides is 3. The Labute approximate surface area is 186 Å². The van der Waals surface area contributed by atoms with Gasteiger partial charge < -0.3 is 14.2 Å². The largest absolute Gasteiger partial charge is 0.469 e. The number of benzene rings is 1. The Morgan fingerprint density at radius 1 is 1.09 bits per heavy atom. The SMILES string of the molecule is Cc1occc1C(=O)N/N=C1\CCCc2oc(C(=O)Nc3cccc(C(F)(F)F)c3)c(C)c21. The smallest absolute Gasteiger partial charge is 0.416 e. The summed E-state index contributed by atoms with van der Waals surface area (Å²) in [6.07, 6.45) is -1.28. The van der Waals surface area contributed by atoms with Gasteiger partial charge in [-0.25, -0.2) is 5.43 Å². The molecule has 2 N–H and O–H groups in total. The number of aryl methyl sites for hydroxylation is 2. The summed E-state index contributed by atoms with van der Waals surface area (Å²) in [5.74, 6) is -0.0994. The average Bonchev–Trinajstić information content (AvgIpc) is 3.35. The number of hydrogen-bond donors (Lipinski definition) is 2. The molecule has 10 heteroatoms. The van der Waals surface area contributed by atoms with E-state index in [0.29, 0.717) is 53.2 Å². The molecule has 0 unspecified atom stereocenters. The second kappa shape index (κ2) is 8.61. The summed E-state index contributed by atoms with van der Waals surface area (Å²) in [6, 6.07) is 5.90. The van der Waals surface area contributed by atoms with Crippen LogP contribution in [-0.2, 0) is 12.6 Å². The number of carbonyl (C=O) groups is 2. The lowest BCUT2D eigenvalue weighted by molar-refractivity contribution is -0.137. The van der Waals surface area contributed by atoms with Crippen LogP contribution in [0.3, 0.4) is 0 Å². The van der Waals surface area contributed by atoms with Gasteiger partial charge in [0.25, 0.3) is 11.8 Å². The van der Waals surface area contributed by atoms with Gasteiger partial charge in [0.2, 0.25) is 0 Å². The van der Waals surface area contributed by atoms with E-state index in [1.54, 1.807) is 13.8 Å². The van der Waals surface area contributed by atoms with Crippen LogP contribution in [0, 0.1) is 13.8 Å². The van der Waals surface area contributed by atoms with E-state index < -0.39 is 23.6 Å². The number of hydrogen-bond acceptors (Lipinski definition) is 5. The van der Waals surface area contributed by atoms with Gasteiger partial charge in [-0.3, -0.25) is 9.59 Å². The van der Waals surface area contributed by atoms with Crippen molar-refractivity contribution in [3.8, 4) is 0 Å². The minimum Gasteiger partial charge on any atom is -0.469 e. The molecule has 0 spiro atoms. The van der Waals surface area contributed by atoms with Crippen molar-refractivity contribution in [2.45, 2.75) is 39.3 Å². The summed E-state index contributed by atoms with van der Waals surface area (Å²) >= 11 is 0. The Morgan fingerprint density at radius 2 is 1.88 bits per heavy atom. The van der Waals surface area contributed by atoms with E-state index >= 15 is 0 Å². The second-order valence-corrected chi connectivity index (χ2v) is 7.63. The van der Waals surface area contributed by atoms with E-state index in [9.17, 15) is 22.8 Å². The summed E-state index contributed by atoms with van der Waals surface area (Å²) in [6.45, 7) is 3.34. The predicted molar refractivity (Wildman–Crippen MR) is 113 cm³/mol. The van der Waals surface area contributed by atoms with Crippen LogP contribution in [0.5, 0.6) is 0 Å². The molecular weight excluding hydrogens is 439 g/mol. The Hall–Kier alpha value is -3.82. The number of nitrogens with one attached hydrogen (secondary N) is 2. The van der Waals surface area contributed by atoms with E-state index in [-0.39, 0.29) is 11.4 Å². The standard InChI is InChI=1S/C23H20F3N3O4/c1-12-19-17(28-29-21(30)16-9-10-32-13(16)2)7-4-8-18(19)33-20(12)22(31)27-15-6-3-5-14(11-15)23(24,25)26/h3,5-6,9-11H,4,7-8H2,1-2H3,(H,27,31)(H,29,30)/b28-17+. The summed E-state index contributed by atoms with van der Waals surface area (Å²) in [5, 5.41) is 6.69. The number of furan rings is 2. The molecule has 0 radical (unpaired) electrons. The second-order valence-electron chi connectivity index (χ2n) is 7.63. The number of hydrazone groups is 1. The highest BCUT2D eigenvalue weighted by atomic mass is 19.4. The Kier molecular flexibility index (Phi) is 5.84. The number of nitrogens with zero attached hydrogens (tertiary/aromatic N) is 1. The summed E-state index contributed by atoms with van der Waals surface area (Å²) in [5.41, 5.74) is 3.68. The summed E-state index contributed by atoms with van der Waals surface area (Å²) in [7, 11) is 0. The summed E-state index contributed by atoms with van der Waals surface area (Å²) < 4.78 is 49.7. The zero-order valence-corrected chi connectivity index (χ0v) is 17.8. The molecule has 1 aliphatic rings. The average molecular weight is 459 g/mol. The van der Waals surface area contributed by atoms with E-state index in [2.05, 4.69) is 15.8 Å². The van der Waals surface area contributed by atoms with Crippen molar-refractivity contribution in [1.82, 2.24) is 5.43 Å². The van der Waals surface area contributed by atoms with Crippen molar-refractivity contribution in [1.29, 1.82) is 0 Å². The first kappa shape index (κ1) is 22.4. The lowest BCUT2D eigenvalue weighted by atomic mass is 9.93. The molecule has 0 saturated heterocycles. The highest BCUT2D eigenvalue weighted by Gasteiger charge is 2.31. The molecule has 0 fully saturated rings. The van der Waals surface area contributed by atoms with E-state index in [1.807, 2.05) is 0 Å². The van der Waals surface area contributed by atoms with Crippen LogP contribution in [0.2, 0.25) is 0 Å². The van der Waals surface area contributed by atoms with Crippen molar-refractivity contribution >= 4 is 23.2 Å². The minimum absolute atomic E-state index is 0.000215. The van der Waals surface area contributed by atoms with Crippen LogP contribution >= 0.6 is 0 Å². The zero-order valence-electron chi connectivity index (χ0n) is 17.8. The van der Waals surface area contributed by atoms with Gasteiger partial charge >= 0.3 is 6.18 Å². The number of anilines is 1. The third kappa shape index (κ3) is 4.55. The minimum atomic E-state index is -4.52. The van der Waals surface area contributed by atoms with Gasteiger partial charge in [-0.1, -0.05) is 6.07 Å². The molecule has 0 bridgehead atoms. The van der Waals surface area contributed by atoms with Crippen LogP contribution in [0.1, 0.15) is 62.0 Å². The molecule has 172 valence electrons. The quantitative estimate of drug-likeness (QED) is 0.522. The van der Waals surface area contributed by atoms with Crippen LogP contribution in [0.4, 0.5) is 18.9 Å². The van der Waals surface area contributed by atoms with Crippen LogP contribution < -0.4 is 10.7 Å². The number of rotatable bonds is 4. The molecule has 33 heavy (non-hydrogen) atoms. The summed E-state index contributed by atoms with van der Waals surface area (Å²) in [4.78, 5) is 25.1. The van der Waals surface area contributed by atoms with E-state index in [1.165, 1.54) is 24.5 Å². The van der Waals surface area contributed by atoms with E-state index in [4.69, 9.17) is 8.83 Å². The van der Waals surface area contributed by atoms with Gasteiger partial charge in [0.15, 0.2) is 5.76 Å². The molecule has 2 amide bonds. The molecule has 1 aromatic carbocycles. The molecule has 2 heterocycles. The predicted octanol–water partition coefficient (Wildman–Crippen LogP) is 5.23.